The fourth-order valence-corrected chi connectivity index (χ4v) is 3.87. The first kappa shape index (κ1) is 18.5. The zero-order chi connectivity index (χ0) is 19.5. The Bertz CT molecular complexity index is 953. The number of hydrogen-bond donors (Lipinski definition) is 0. The molecular weight excluding hydrogens is 346 g/mol. The van der Waals surface area contributed by atoms with Crippen molar-refractivity contribution in [2.24, 2.45) is 5.92 Å². The van der Waals surface area contributed by atoms with Crippen LogP contribution in [0.3, 0.4) is 0 Å². The molecule has 0 unspecified atom stereocenters. The fraction of sp³-hybridized carbons (Fsp3) is 0.333. The SMILES string of the molecule is Cc1ccccc1Cn1cc(-c2ccncc2)cc1C(=O)N1CCC(C)CC1. The Labute approximate surface area is 166 Å². The largest absolute Gasteiger partial charge is 0.338 e. The van der Waals surface area contributed by atoms with E-state index in [1.165, 1.54) is 11.1 Å². The van der Waals surface area contributed by atoms with E-state index in [0.717, 1.165) is 42.8 Å². The summed E-state index contributed by atoms with van der Waals surface area (Å²) in [6, 6.07) is 14.4. The van der Waals surface area contributed by atoms with Gasteiger partial charge in [-0.3, -0.25) is 9.78 Å². The Morgan fingerprint density at radius 2 is 1.79 bits per heavy atom. The normalized spacial score (nSPS) is 15.0. The summed E-state index contributed by atoms with van der Waals surface area (Å²) in [5.74, 6) is 0.843. The van der Waals surface area contributed by atoms with Gasteiger partial charge in [-0.15, -0.1) is 0 Å². The van der Waals surface area contributed by atoms with Gasteiger partial charge < -0.3 is 9.47 Å². The average molecular weight is 374 g/mol. The van der Waals surface area contributed by atoms with E-state index < -0.39 is 0 Å². The van der Waals surface area contributed by atoms with Gasteiger partial charge in [-0.25, -0.2) is 0 Å². The van der Waals surface area contributed by atoms with Gasteiger partial charge in [0.2, 0.25) is 0 Å². The average Bonchev–Trinajstić information content (AvgIpc) is 3.14. The third-order valence-electron chi connectivity index (χ3n) is 5.80. The third kappa shape index (κ3) is 3.86. The van der Waals surface area contributed by atoms with E-state index in [1.807, 2.05) is 23.1 Å². The summed E-state index contributed by atoms with van der Waals surface area (Å²) in [5, 5.41) is 0. The minimum absolute atomic E-state index is 0.140. The molecule has 1 amide bonds. The lowest BCUT2D eigenvalue weighted by Crippen LogP contribution is -2.38. The molecule has 4 rings (SSSR count). The highest BCUT2D eigenvalue weighted by molar-refractivity contribution is 5.94. The van der Waals surface area contributed by atoms with Crippen LogP contribution in [0.25, 0.3) is 11.1 Å². The highest BCUT2D eigenvalue weighted by atomic mass is 16.2. The first-order valence-corrected chi connectivity index (χ1v) is 10.1. The molecule has 3 heterocycles. The van der Waals surface area contributed by atoms with Gasteiger partial charge in [0.15, 0.2) is 0 Å². The molecule has 1 fully saturated rings. The standard InChI is InChI=1S/C24H27N3O/c1-18-9-13-26(14-10-18)24(28)23-15-22(20-7-11-25-12-8-20)17-27(23)16-21-6-4-3-5-19(21)2/h3-8,11-12,15,17-18H,9-10,13-14,16H2,1-2H3. The molecule has 3 aromatic rings. The summed E-state index contributed by atoms with van der Waals surface area (Å²) in [6.45, 7) is 6.78. The van der Waals surface area contributed by atoms with E-state index in [-0.39, 0.29) is 5.91 Å². The molecule has 1 aliphatic rings. The quantitative estimate of drug-likeness (QED) is 0.660. The molecule has 0 radical (unpaired) electrons. The second-order valence-corrected chi connectivity index (χ2v) is 7.88. The molecular formula is C24H27N3O. The van der Waals surface area contributed by atoms with Crippen molar-refractivity contribution in [3.8, 4) is 11.1 Å². The van der Waals surface area contributed by atoms with Gasteiger partial charge in [-0.2, -0.15) is 0 Å². The summed E-state index contributed by atoms with van der Waals surface area (Å²) < 4.78 is 2.11. The lowest BCUT2D eigenvalue weighted by Gasteiger charge is -2.30. The van der Waals surface area contributed by atoms with Gasteiger partial charge in [0, 0.05) is 43.8 Å². The van der Waals surface area contributed by atoms with E-state index in [1.54, 1.807) is 12.4 Å². The number of amides is 1. The first-order chi connectivity index (χ1) is 13.6. The predicted molar refractivity (Wildman–Crippen MR) is 112 cm³/mol. The summed E-state index contributed by atoms with van der Waals surface area (Å²) in [7, 11) is 0. The zero-order valence-electron chi connectivity index (χ0n) is 16.6. The number of aryl methyl sites for hydroxylation is 1. The van der Waals surface area contributed by atoms with Crippen molar-refractivity contribution in [2.75, 3.05) is 13.1 Å². The van der Waals surface area contributed by atoms with Crippen molar-refractivity contribution in [2.45, 2.75) is 33.2 Å². The maximum absolute atomic E-state index is 13.3. The lowest BCUT2D eigenvalue weighted by atomic mass is 9.99. The minimum atomic E-state index is 0.140. The van der Waals surface area contributed by atoms with E-state index >= 15 is 0 Å². The van der Waals surface area contributed by atoms with Crippen molar-refractivity contribution in [1.82, 2.24) is 14.5 Å². The summed E-state index contributed by atoms with van der Waals surface area (Å²) >= 11 is 0. The van der Waals surface area contributed by atoms with E-state index in [2.05, 4.69) is 53.9 Å². The maximum atomic E-state index is 13.3. The molecule has 28 heavy (non-hydrogen) atoms. The summed E-state index contributed by atoms with van der Waals surface area (Å²) in [6.07, 6.45) is 7.85. The van der Waals surface area contributed by atoms with Crippen LogP contribution in [0, 0.1) is 12.8 Å². The lowest BCUT2D eigenvalue weighted by molar-refractivity contribution is 0.0687. The number of hydrogen-bond acceptors (Lipinski definition) is 2. The van der Waals surface area contributed by atoms with Gasteiger partial charge in [-0.05, 0) is 60.6 Å². The Kier molecular flexibility index (Phi) is 5.29. The smallest absolute Gasteiger partial charge is 0.270 e. The Hall–Kier alpha value is -2.88. The molecule has 0 spiro atoms. The number of pyridine rings is 1. The van der Waals surface area contributed by atoms with Crippen LogP contribution in [0.4, 0.5) is 0 Å². The van der Waals surface area contributed by atoms with Gasteiger partial charge in [0.05, 0.1) is 0 Å². The first-order valence-electron chi connectivity index (χ1n) is 10.1. The van der Waals surface area contributed by atoms with Crippen LogP contribution in [0.15, 0.2) is 61.1 Å². The van der Waals surface area contributed by atoms with Gasteiger partial charge in [-0.1, -0.05) is 31.2 Å². The monoisotopic (exact) mass is 373 g/mol. The van der Waals surface area contributed by atoms with Crippen LogP contribution in [-0.2, 0) is 6.54 Å². The number of carbonyl (C=O) groups is 1. The molecule has 1 saturated heterocycles. The number of nitrogens with zero attached hydrogens (tertiary/aromatic N) is 3. The second kappa shape index (κ2) is 8.01. The molecule has 4 heteroatoms. The van der Waals surface area contributed by atoms with Crippen molar-refractivity contribution in [3.63, 3.8) is 0 Å². The second-order valence-electron chi connectivity index (χ2n) is 7.88. The van der Waals surface area contributed by atoms with E-state index in [0.29, 0.717) is 12.5 Å². The molecule has 2 aromatic heterocycles. The number of likely N-dealkylation sites (tertiary alicyclic amines) is 1. The molecule has 0 bridgehead atoms. The number of rotatable bonds is 4. The molecule has 0 saturated carbocycles. The number of piperidine rings is 1. The highest BCUT2D eigenvalue weighted by Gasteiger charge is 2.24. The summed E-state index contributed by atoms with van der Waals surface area (Å²) in [4.78, 5) is 19.5. The summed E-state index contributed by atoms with van der Waals surface area (Å²) in [5.41, 5.74) is 5.39. The Morgan fingerprint density at radius 1 is 1.07 bits per heavy atom. The minimum Gasteiger partial charge on any atom is -0.338 e. The maximum Gasteiger partial charge on any atom is 0.270 e. The topological polar surface area (TPSA) is 38.1 Å². The van der Waals surface area contributed by atoms with Gasteiger partial charge >= 0.3 is 0 Å². The van der Waals surface area contributed by atoms with Crippen LogP contribution in [0.1, 0.15) is 41.4 Å². The van der Waals surface area contributed by atoms with Crippen LogP contribution in [0.5, 0.6) is 0 Å². The molecule has 4 nitrogen and oxygen atoms in total. The van der Waals surface area contributed by atoms with Crippen LogP contribution < -0.4 is 0 Å². The molecule has 1 aromatic carbocycles. The van der Waals surface area contributed by atoms with Gasteiger partial charge in [0.25, 0.3) is 5.91 Å². The predicted octanol–water partition coefficient (Wildman–Crippen LogP) is 4.78. The molecule has 0 aliphatic carbocycles. The van der Waals surface area contributed by atoms with Crippen molar-refractivity contribution in [3.05, 3.63) is 77.9 Å². The number of aromatic nitrogens is 2. The molecule has 0 N–H and O–H groups in total. The molecule has 1 aliphatic heterocycles. The molecule has 0 atom stereocenters. The zero-order valence-corrected chi connectivity index (χ0v) is 16.6. The van der Waals surface area contributed by atoms with Crippen LogP contribution in [0.2, 0.25) is 0 Å². The van der Waals surface area contributed by atoms with Crippen LogP contribution in [-0.4, -0.2) is 33.4 Å². The Balaban J connectivity index is 1.69. The molecule has 144 valence electrons. The highest BCUT2D eigenvalue weighted by Crippen LogP contribution is 2.25. The van der Waals surface area contributed by atoms with E-state index in [4.69, 9.17) is 0 Å². The number of benzene rings is 1. The number of carbonyl (C=O) groups excluding carboxylic acids is 1. The van der Waals surface area contributed by atoms with E-state index in [9.17, 15) is 4.79 Å². The van der Waals surface area contributed by atoms with Crippen LogP contribution >= 0.6 is 0 Å². The van der Waals surface area contributed by atoms with Crippen molar-refractivity contribution < 1.29 is 4.79 Å². The van der Waals surface area contributed by atoms with Gasteiger partial charge in [0.1, 0.15) is 5.69 Å². The fourth-order valence-electron chi connectivity index (χ4n) is 3.87. The van der Waals surface area contributed by atoms with Crippen molar-refractivity contribution >= 4 is 5.91 Å². The van der Waals surface area contributed by atoms with Crippen molar-refractivity contribution in [1.29, 1.82) is 0 Å². The Morgan fingerprint density at radius 3 is 2.50 bits per heavy atom. The third-order valence-corrected chi connectivity index (χ3v) is 5.80.